The van der Waals surface area contributed by atoms with Crippen LogP contribution < -0.4 is 5.32 Å². The molecule has 2 aromatic heterocycles. The molecule has 0 bridgehead atoms. The second-order valence-corrected chi connectivity index (χ2v) is 7.88. The number of nitrogens with one attached hydrogen (secondary N) is 1. The van der Waals surface area contributed by atoms with E-state index in [2.05, 4.69) is 47.6 Å². The Morgan fingerprint density at radius 2 is 2.18 bits per heavy atom. The fraction of sp³-hybridized carbons (Fsp3) is 0.471. The number of carbonyl (C=O) groups excluding carboxylic acids is 1. The molecule has 0 spiro atoms. The average Bonchev–Trinajstić information content (AvgIpc) is 3.10. The van der Waals surface area contributed by atoms with E-state index in [0.29, 0.717) is 6.54 Å². The summed E-state index contributed by atoms with van der Waals surface area (Å²) in [6.07, 6.45) is 2.16. The molecule has 0 aromatic carbocycles. The second-order valence-electron chi connectivity index (χ2n) is 5.65. The summed E-state index contributed by atoms with van der Waals surface area (Å²) in [5.41, 5.74) is 1.31. The van der Waals surface area contributed by atoms with Crippen molar-refractivity contribution < 1.29 is 4.79 Å². The first kappa shape index (κ1) is 17.2. The number of likely N-dealkylation sites (N-methyl/N-ethyl adjacent to an activating group) is 1. The average molecular weight is 337 g/mol. The number of hydrogen-bond acceptors (Lipinski definition) is 4. The van der Waals surface area contributed by atoms with Crippen LogP contribution in [0.3, 0.4) is 0 Å². The Morgan fingerprint density at radius 1 is 1.41 bits per heavy atom. The van der Waals surface area contributed by atoms with E-state index in [0.717, 1.165) is 17.7 Å². The molecule has 0 aliphatic carbocycles. The molecule has 120 valence electrons. The minimum atomic E-state index is 0.0406. The second kappa shape index (κ2) is 7.90. The monoisotopic (exact) mass is 336 g/mol. The molecule has 0 aliphatic rings. The molecule has 2 aromatic rings. The van der Waals surface area contributed by atoms with Crippen molar-refractivity contribution in [2.45, 2.75) is 32.7 Å². The third-order valence-electron chi connectivity index (χ3n) is 3.71. The maximum absolute atomic E-state index is 12.4. The van der Waals surface area contributed by atoms with Crippen molar-refractivity contribution in [3.05, 3.63) is 43.8 Å². The van der Waals surface area contributed by atoms with Gasteiger partial charge >= 0.3 is 0 Å². The lowest BCUT2D eigenvalue weighted by atomic mass is 10.1. The number of nitrogens with zero attached hydrogens (tertiary/aromatic N) is 1. The van der Waals surface area contributed by atoms with E-state index in [9.17, 15) is 4.79 Å². The van der Waals surface area contributed by atoms with Gasteiger partial charge in [0, 0.05) is 16.3 Å². The standard InChI is InChI=1S/C17H24N2OS2/c1-5-7-13-10-16(22-12(13)2)17(20)18-11-14(19(3)4)15-8-6-9-21-15/h6,8-10,14H,5,7,11H2,1-4H3,(H,18,20). The van der Waals surface area contributed by atoms with Crippen molar-refractivity contribution in [2.75, 3.05) is 20.6 Å². The van der Waals surface area contributed by atoms with Crippen LogP contribution in [0.1, 0.15) is 44.4 Å². The molecule has 0 aliphatic heterocycles. The quantitative estimate of drug-likeness (QED) is 0.825. The highest BCUT2D eigenvalue weighted by Crippen LogP contribution is 2.24. The number of aryl methyl sites for hydroxylation is 2. The highest BCUT2D eigenvalue weighted by atomic mass is 32.1. The fourth-order valence-corrected chi connectivity index (χ4v) is 4.35. The van der Waals surface area contributed by atoms with E-state index in [-0.39, 0.29) is 11.9 Å². The summed E-state index contributed by atoms with van der Waals surface area (Å²) in [4.78, 5) is 17.9. The first-order valence-corrected chi connectivity index (χ1v) is 9.29. The van der Waals surface area contributed by atoms with Gasteiger partial charge in [-0.3, -0.25) is 4.79 Å². The Morgan fingerprint density at radius 3 is 2.77 bits per heavy atom. The predicted octanol–water partition coefficient (Wildman–Crippen LogP) is 4.10. The lowest BCUT2D eigenvalue weighted by Crippen LogP contribution is -2.33. The van der Waals surface area contributed by atoms with E-state index >= 15 is 0 Å². The highest BCUT2D eigenvalue weighted by Gasteiger charge is 2.18. The topological polar surface area (TPSA) is 32.3 Å². The molecule has 3 nitrogen and oxygen atoms in total. The maximum atomic E-state index is 12.4. The van der Waals surface area contributed by atoms with E-state index in [1.54, 1.807) is 22.7 Å². The van der Waals surface area contributed by atoms with Crippen LogP contribution in [0.5, 0.6) is 0 Å². The van der Waals surface area contributed by atoms with Gasteiger partial charge in [0.25, 0.3) is 5.91 Å². The van der Waals surface area contributed by atoms with Gasteiger partial charge in [-0.05, 0) is 50.5 Å². The number of hydrogen-bond donors (Lipinski definition) is 1. The summed E-state index contributed by atoms with van der Waals surface area (Å²) in [6, 6.07) is 6.45. The van der Waals surface area contributed by atoms with Crippen molar-refractivity contribution in [2.24, 2.45) is 0 Å². The van der Waals surface area contributed by atoms with Crippen molar-refractivity contribution in [3.63, 3.8) is 0 Å². The molecular weight excluding hydrogens is 312 g/mol. The number of carbonyl (C=O) groups is 1. The molecule has 0 fully saturated rings. The fourth-order valence-electron chi connectivity index (χ4n) is 2.44. The van der Waals surface area contributed by atoms with Crippen molar-refractivity contribution in [1.29, 1.82) is 0 Å². The Labute approximate surface area is 141 Å². The van der Waals surface area contributed by atoms with Crippen LogP contribution in [-0.4, -0.2) is 31.4 Å². The normalized spacial score (nSPS) is 12.6. The van der Waals surface area contributed by atoms with Crippen LogP contribution in [0.15, 0.2) is 23.6 Å². The smallest absolute Gasteiger partial charge is 0.261 e. The van der Waals surface area contributed by atoms with Gasteiger partial charge < -0.3 is 10.2 Å². The first-order chi connectivity index (χ1) is 10.5. The van der Waals surface area contributed by atoms with Crippen LogP contribution in [-0.2, 0) is 6.42 Å². The summed E-state index contributed by atoms with van der Waals surface area (Å²) < 4.78 is 0. The van der Waals surface area contributed by atoms with Crippen molar-refractivity contribution in [3.8, 4) is 0 Å². The van der Waals surface area contributed by atoms with Crippen LogP contribution in [0.25, 0.3) is 0 Å². The lowest BCUT2D eigenvalue weighted by Gasteiger charge is -2.23. The van der Waals surface area contributed by atoms with E-state index in [4.69, 9.17) is 0 Å². The van der Waals surface area contributed by atoms with E-state index in [1.165, 1.54) is 15.3 Å². The van der Waals surface area contributed by atoms with Gasteiger partial charge in [0.05, 0.1) is 10.9 Å². The van der Waals surface area contributed by atoms with Gasteiger partial charge in [0.15, 0.2) is 0 Å². The number of thiophene rings is 2. The molecule has 0 saturated heterocycles. The molecule has 5 heteroatoms. The Balaban J connectivity index is 2.01. The van der Waals surface area contributed by atoms with Crippen LogP contribution >= 0.6 is 22.7 Å². The SMILES string of the molecule is CCCc1cc(C(=O)NCC(c2cccs2)N(C)C)sc1C. The van der Waals surface area contributed by atoms with Gasteiger partial charge in [-0.1, -0.05) is 19.4 Å². The third-order valence-corrected chi connectivity index (χ3v) is 5.78. The summed E-state index contributed by atoms with van der Waals surface area (Å²) in [5, 5.41) is 5.16. The molecule has 2 rings (SSSR count). The molecule has 22 heavy (non-hydrogen) atoms. The highest BCUT2D eigenvalue weighted by molar-refractivity contribution is 7.14. The van der Waals surface area contributed by atoms with Gasteiger partial charge in [0.2, 0.25) is 0 Å². The molecule has 0 radical (unpaired) electrons. The van der Waals surface area contributed by atoms with Gasteiger partial charge in [-0.15, -0.1) is 22.7 Å². The first-order valence-electron chi connectivity index (χ1n) is 7.60. The lowest BCUT2D eigenvalue weighted by molar-refractivity contribution is 0.0946. The molecule has 1 atom stereocenters. The number of rotatable bonds is 7. The zero-order valence-corrected chi connectivity index (χ0v) is 15.3. The van der Waals surface area contributed by atoms with Crippen LogP contribution in [0.2, 0.25) is 0 Å². The van der Waals surface area contributed by atoms with E-state index in [1.807, 2.05) is 14.1 Å². The Bertz CT molecular complexity index is 602. The Hall–Kier alpha value is -1.17. The summed E-state index contributed by atoms with van der Waals surface area (Å²) in [5.74, 6) is 0.0406. The largest absolute Gasteiger partial charge is 0.349 e. The third kappa shape index (κ3) is 4.18. The summed E-state index contributed by atoms with van der Waals surface area (Å²) >= 11 is 3.33. The van der Waals surface area contributed by atoms with Gasteiger partial charge in [0.1, 0.15) is 0 Å². The molecule has 0 saturated carbocycles. The van der Waals surface area contributed by atoms with Crippen molar-refractivity contribution >= 4 is 28.6 Å². The predicted molar refractivity (Wildman–Crippen MR) is 96.1 cm³/mol. The maximum Gasteiger partial charge on any atom is 0.261 e. The zero-order valence-electron chi connectivity index (χ0n) is 13.7. The van der Waals surface area contributed by atoms with Crippen LogP contribution in [0.4, 0.5) is 0 Å². The minimum Gasteiger partial charge on any atom is -0.349 e. The van der Waals surface area contributed by atoms with Gasteiger partial charge in [-0.25, -0.2) is 0 Å². The molecule has 1 amide bonds. The van der Waals surface area contributed by atoms with E-state index < -0.39 is 0 Å². The Kier molecular flexibility index (Phi) is 6.17. The minimum absolute atomic E-state index is 0.0406. The zero-order chi connectivity index (χ0) is 16.1. The molecule has 1 unspecified atom stereocenters. The summed E-state index contributed by atoms with van der Waals surface area (Å²) in [6.45, 7) is 4.90. The molecule has 1 N–H and O–H groups in total. The van der Waals surface area contributed by atoms with Crippen molar-refractivity contribution in [1.82, 2.24) is 10.2 Å². The summed E-state index contributed by atoms with van der Waals surface area (Å²) in [7, 11) is 4.09. The molecule has 2 heterocycles. The van der Waals surface area contributed by atoms with Crippen LogP contribution in [0, 0.1) is 6.92 Å². The van der Waals surface area contributed by atoms with Gasteiger partial charge in [-0.2, -0.15) is 0 Å². The number of amides is 1. The molecular formula is C17H24N2OS2.